The molecule has 1 N–H and O–H groups in total. The molecule has 0 unspecified atom stereocenters. The van der Waals surface area contributed by atoms with Gasteiger partial charge in [0.2, 0.25) is 0 Å². The van der Waals surface area contributed by atoms with E-state index in [2.05, 4.69) is 27.7 Å². The monoisotopic (exact) mass is 188 g/mol. The first-order valence-electron chi connectivity index (χ1n) is 5.11. The van der Waals surface area contributed by atoms with Crippen molar-refractivity contribution < 1.29 is 9.84 Å². The summed E-state index contributed by atoms with van der Waals surface area (Å²) in [6, 6.07) is 0. The topological polar surface area (TPSA) is 29.5 Å². The first-order chi connectivity index (χ1) is 5.89. The van der Waals surface area contributed by atoms with Gasteiger partial charge in [-0.1, -0.05) is 27.7 Å². The molecular weight excluding hydrogens is 164 g/mol. The van der Waals surface area contributed by atoms with E-state index < -0.39 is 5.60 Å². The minimum Gasteiger partial charge on any atom is -0.387 e. The molecule has 0 radical (unpaired) electrons. The number of ether oxygens (including phenoxy) is 1. The van der Waals surface area contributed by atoms with Gasteiger partial charge in [-0.05, 0) is 24.7 Å². The van der Waals surface area contributed by atoms with Gasteiger partial charge in [0, 0.05) is 7.11 Å². The lowest BCUT2D eigenvalue weighted by atomic mass is 9.86. The Morgan fingerprint density at radius 1 is 1.08 bits per heavy atom. The molecule has 0 aliphatic carbocycles. The number of aliphatic hydroxyl groups is 1. The van der Waals surface area contributed by atoms with E-state index in [1.165, 1.54) is 0 Å². The van der Waals surface area contributed by atoms with Crippen molar-refractivity contribution in [1.82, 2.24) is 0 Å². The van der Waals surface area contributed by atoms with Crippen molar-refractivity contribution in [2.75, 3.05) is 13.7 Å². The highest BCUT2D eigenvalue weighted by Crippen LogP contribution is 2.24. The van der Waals surface area contributed by atoms with Crippen LogP contribution in [0.3, 0.4) is 0 Å². The summed E-state index contributed by atoms with van der Waals surface area (Å²) in [6.45, 7) is 8.95. The van der Waals surface area contributed by atoms with E-state index in [1.807, 2.05) is 0 Å². The van der Waals surface area contributed by atoms with Crippen molar-refractivity contribution in [2.24, 2.45) is 11.8 Å². The molecule has 0 aromatic rings. The van der Waals surface area contributed by atoms with E-state index >= 15 is 0 Å². The highest BCUT2D eigenvalue weighted by molar-refractivity contribution is 4.80. The predicted octanol–water partition coefficient (Wildman–Crippen LogP) is 2.46. The normalized spacial score (nSPS) is 12.9. The molecule has 0 amide bonds. The second kappa shape index (κ2) is 5.61. The predicted molar refractivity (Wildman–Crippen MR) is 55.7 cm³/mol. The van der Waals surface area contributed by atoms with Crippen molar-refractivity contribution in [2.45, 2.75) is 46.1 Å². The van der Waals surface area contributed by atoms with Crippen molar-refractivity contribution in [3.63, 3.8) is 0 Å². The Labute approximate surface area is 82.3 Å². The summed E-state index contributed by atoms with van der Waals surface area (Å²) in [5, 5.41) is 10.2. The van der Waals surface area contributed by atoms with E-state index in [0.29, 0.717) is 18.4 Å². The van der Waals surface area contributed by atoms with Crippen LogP contribution in [0.15, 0.2) is 0 Å². The molecule has 0 saturated carbocycles. The van der Waals surface area contributed by atoms with Gasteiger partial charge in [-0.25, -0.2) is 0 Å². The van der Waals surface area contributed by atoms with E-state index in [0.717, 1.165) is 12.8 Å². The lowest BCUT2D eigenvalue weighted by molar-refractivity contribution is -0.0582. The number of methoxy groups -OCH3 is 1. The van der Waals surface area contributed by atoms with Crippen LogP contribution in [-0.2, 0) is 4.74 Å². The molecule has 80 valence electrons. The van der Waals surface area contributed by atoms with Crippen LogP contribution in [0.25, 0.3) is 0 Å². The third-order valence-corrected chi connectivity index (χ3v) is 1.99. The van der Waals surface area contributed by atoms with Gasteiger partial charge in [0.25, 0.3) is 0 Å². The Hall–Kier alpha value is -0.0800. The molecule has 0 bridgehead atoms. The lowest BCUT2D eigenvalue weighted by Gasteiger charge is -2.30. The Bertz CT molecular complexity index is 120. The molecule has 2 heteroatoms. The summed E-state index contributed by atoms with van der Waals surface area (Å²) in [7, 11) is 1.64. The fraction of sp³-hybridized carbons (Fsp3) is 1.00. The van der Waals surface area contributed by atoms with Gasteiger partial charge in [-0.2, -0.15) is 0 Å². The van der Waals surface area contributed by atoms with Crippen LogP contribution in [-0.4, -0.2) is 24.4 Å². The van der Waals surface area contributed by atoms with Crippen molar-refractivity contribution in [1.29, 1.82) is 0 Å². The summed E-state index contributed by atoms with van der Waals surface area (Å²) in [5.41, 5.74) is -0.628. The molecule has 0 fully saturated rings. The molecule has 0 aromatic carbocycles. The van der Waals surface area contributed by atoms with Crippen LogP contribution >= 0.6 is 0 Å². The summed E-state index contributed by atoms with van der Waals surface area (Å²) >= 11 is 0. The third kappa shape index (κ3) is 6.05. The molecule has 0 spiro atoms. The van der Waals surface area contributed by atoms with Gasteiger partial charge >= 0.3 is 0 Å². The average molecular weight is 188 g/mol. The minimum atomic E-state index is -0.628. The molecule has 0 aromatic heterocycles. The lowest BCUT2D eigenvalue weighted by Crippen LogP contribution is -2.37. The van der Waals surface area contributed by atoms with Gasteiger partial charge in [0.05, 0.1) is 12.2 Å². The standard InChI is InChI=1S/C11H24O2/c1-9(2)6-11(12,8-13-5)7-10(3)4/h9-10,12H,6-8H2,1-5H3. The van der Waals surface area contributed by atoms with E-state index in [4.69, 9.17) is 4.74 Å². The maximum Gasteiger partial charge on any atom is 0.0884 e. The quantitative estimate of drug-likeness (QED) is 0.694. The van der Waals surface area contributed by atoms with Gasteiger partial charge in [-0.3, -0.25) is 0 Å². The highest BCUT2D eigenvalue weighted by Gasteiger charge is 2.28. The zero-order valence-electron chi connectivity index (χ0n) is 9.63. The molecule has 2 nitrogen and oxygen atoms in total. The molecular formula is C11H24O2. The van der Waals surface area contributed by atoms with Crippen LogP contribution in [0.5, 0.6) is 0 Å². The van der Waals surface area contributed by atoms with Crippen LogP contribution < -0.4 is 0 Å². The summed E-state index contributed by atoms with van der Waals surface area (Å²) in [4.78, 5) is 0. The van der Waals surface area contributed by atoms with Crippen LogP contribution in [0.1, 0.15) is 40.5 Å². The molecule has 0 rings (SSSR count). The second-order valence-electron chi connectivity index (χ2n) is 4.85. The van der Waals surface area contributed by atoms with Crippen molar-refractivity contribution in [3.8, 4) is 0 Å². The van der Waals surface area contributed by atoms with Gasteiger partial charge in [0.1, 0.15) is 0 Å². The van der Waals surface area contributed by atoms with Gasteiger partial charge in [-0.15, -0.1) is 0 Å². The first kappa shape index (κ1) is 12.9. The Balaban J connectivity index is 4.15. The highest BCUT2D eigenvalue weighted by atomic mass is 16.5. The summed E-state index contributed by atoms with van der Waals surface area (Å²) in [5.74, 6) is 1.03. The Morgan fingerprint density at radius 3 is 1.69 bits per heavy atom. The summed E-state index contributed by atoms with van der Waals surface area (Å²) in [6.07, 6.45) is 1.64. The molecule has 13 heavy (non-hydrogen) atoms. The number of hydrogen-bond donors (Lipinski definition) is 1. The van der Waals surface area contributed by atoms with Crippen LogP contribution in [0.2, 0.25) is 0 Å². The zero-order chi connectivity index (χ0) is 10.5. The van der Waals surface area contributed by atoms with E-state index in [9.17, 15) is 5.11 Å². The van der Waals surface area contributed by atoms with E-state index in [-0.39, 0.29) is 0 Å². The molecule has 0 aliphatic heterocycles. The number of hydrogen-bond acceptors (Lipinski definition) is 2. The molecule has 0 aliphatic rings. The molecule has 0 saturated heterocycles. The largest absolute Gasteiger partial charge is 0.387 e. The third-order valence-electron chi connectivity index (χ3n) is 1.99. The molecule has 0 atom stereocenters. The van der Waals surface area contributed by atoms with Crippen molar-refractivity contribution in [3.05, 3.63) is 0 Å². The maximum atomic E-state index is 10.2. The van der Waals surface area contributed by atoms with Gasteiger partial charge in [0.15, 0.2) is 0 Å². The SMILES string of the molecule is COCC(O)(CC(C)C)CC(C)C. The maximum absolute atomic E-state index is 10.2. The number of rotatable bonds is 6. The molecule has 0 heterocycles. The second-order valence-corrected chi connectivity index (χ2v) is 4.85. The summed E-state index contributed by atoms with van der Waals surface area (Å²) < 4.78 is 5.06. The van der Waals surface area contributed by atoms with Crippen LogP contribution in [0, 0.1) is 11.8 Å². The Kier molecular flexibility index (Phi) is 5.57. The van der Waals surface area contributed by atoms with Gasteiger partial charge < -0.3 is 9.84 Å². The Morgan fingerprint density at radius 2 is 1.46 bits per heavy atom. The fourth-order valence-electron chi connectivity index (χ4n) is 1.99. The first-order valence-corrected chi connectivity index (χ1v) is 5.11. The average Bonchev–Trinajstić information content (AvgIpc) is 1.81. The fourth-order valence-corrected chi connectivity index (χ4v) is 1.99. The minimum absolute atomic E-state index is 0.448. The zero-order valence-corrected chi connectivity index (χ0v) is 9.63. The van der Waals surface area contributed by atoms with Crippen molar-refractivity contribution >= 4 is 0 Å². The van der Waals surface area contributed by atoms with E-state index in [1.54, 1.807) is 7.11 Å². The van der Waals surface area contributed by atoms with Crippen LogP contribution in [0.4, 0.5) is 0 Å². The smallest absolute Gasteiger partial charge is 0.0884 e.